The molecule has 3 nitrogen and oxygen atoms in total. The van der Waals surface area contributed by atoms with Crippen molar-refractivity contribution in [2.24, 2.45) is 0 Å². The summed E-state index contributed by atoms with van der Waals surface area (Å²) in [5.74, 6) is -0.732. The smallest absolute Gasteiger partial charge is 0.335 e. The molecule has 0 amide bonds. The van der Waals surface area contributed by atoms with Crippen molar-refractivity contribution in [1.29, 1.82) is 0 Å². The van der Waals surface area contributed by atoms with Gasteiger partial charge in [-0.1, -0.05) is 12.7 Å². The number of carbonyl (C=O) groups excluding carboxylic acids is 1. The third kappa shape index (κ3) is 3.36. The van der Waals surface area contributed by atoms with Gasteiger partial charge in [-0.25, -0.2) is 9.90 Å². The third-order valence-electron chi connectivity index (χ3n) is 0.480. The van der Waals surface area contributed by atoms with Crippen LogP contribution in [0.4, 0.5) is 0 Å². The van der Waals surface area contributed by atoms with Crippen LogP contribution in [0.3, 0.4) is 0 Å². The van der Waals surface area contributed by atoms with E-state index < -0.39 is 12.6 Å². The zero-order valence-corrected chi connectivity index (χ0v) is 4.42. The highest BCUT2D eigenvalue weighted by atomic mass is 16.5. The summed E-state index contributed by atoms with van der Waals surface area (Å²) in [6, 6.07) is 0. The number of carbonyl (C=O) groups is 1. The van der Waals surface area contributed by atoms with E-state index in [1.165, 1.54) is 6.08 Å². The van der Waals surface area contributed by atoms with Crippen molar-refractivity contribution in [2.75, 3.05) is 13.2 Å². The lowest BCUT2D eigenvalue weighted by molar-refractivity contribution is -0.147. The van der Waals surface area contributed by atoms with Crippen LogP contribution in [0.1, 0.15) is 0 Å². The molecule has 0 aliphatic heterocycles. The van der Waals surface area contributed by atoms with Gasteiger partial charge in [-0.05, 0) is 0 Å². The molecule has 0 aromatic carbocycles. The minimum atomic E-state index is -0.812. The molecule has 8 heavy (non-hydrogen) atoms. The van der Waals surface area contributed by atoms with E-state index >= 15 is 0 Å². The molecule has 45 valence electrons. The highest BCUT2D eigenvalue weighted by Gasteiger charge is 1.95. The molecule has 0 spiro atoms. The number of rotatable bonds is 3. The van der Waals surface area contributed by atoms with Gasteiger partial charge in [-0.2, -0.15) is 0 Å². The van der Waals surface area contributed by atoms with E-state index in [9.17, 15) is 9.90 Å². The second-order valence-corrected chi connectivity index (χ2v) is 1.12. The van der Waals surface area contributed by atoms with Crippen LogP contribution in [0.2, 0.25) is 0 Å². The molecule has 1 radical (unpaired) electrons. The minimum absolute atomic E-state index is 0.126. The van der Waals surface area contributed by atoms with Gasteiger partial charge in [0, 0.05) is 0 Å². The molecule has 0 aromatic rings. The quantitative estimate of drug-likeness (QED) is 0.388. The van der Waals surface area contributed by atoms with Crippen LogP contribution < -0.4 is 0 Å². The Labute approximate surface area is 47.6 Å². The Morgan fingerprint density at radius 1 is 1.75 bits per heavy atom. The summed E-state index contributed by atoms with van der Waals surface area (Å²) in [4.78, 5) is 9.99. The monoisotopic (exact) mass is 115 g/mol. The fourth-order valence-corrected chi connectivity index (χ4v) is 0.194. The Morgan fingerprint density at radius 2 is 2.38 bits per heavy atom. The van der Waals surface area contributed by atoms with Crippen LogP contribution in [0.5, 0.6) is 0 Å². The molecule has 0 unspecified atom stereocenters. The first-order valence-electron chi connectivity index (χ1n) is 2.16. The summed E-state index contributed by atoms with van der Waals surface area (Å²) >= 11 is 0. The second kappa shape index (κ2) is 4.33. The van der Waals surface area contributed by atoms with Crippen LogP contribution in [0.15, 0.2) is 12.7 Å². The first-order chi connectivity index (χ1) is 3.81. The van der Waals surface area contributed by atoms with Crippen molar-refractivity contribution in [3.8, 4) is 0 Å². The van der Waals surface area contributed by atoms with Crippen LogP contribution in [-0.4, -0.2) is 19.2 Å². The molecule has 0 saturated carbocycles. The van der Waals surface area contributed by atoms with Crippen LogP contribution >= 0.6 is 0 Å². The number of esters is 1. The van der Waals surface area contributed by atoms with Crippen molar-refractivity contribution in [2.45, 2.75) is 0 Å². The van der Waals surface area contributed by atoms with Gasteiger partial charge in [0.2, 0.25) is 0 Å². The van der Waals surface area contributed by atoms with Crippen molar-refractivity contribution < 1.29 is 14.6 Å². The van der Waals surface area contributed by atoms with E-state index in [-0.39, 0.29) is 6.61 Å². The van der Waals surface area contributed by atoms with Crippen LogP contribution in [0.25, 0.3) is 0 Å². The molecule has 0 aliphatic rings. The van der Waals surface area contributed by atoms with Crippen molar-refractivity contribution in [3.63, 3.8) is 0 Å². The molecular weight excluding hydrogens is 108 g/mol. The van der Waals surface area contributed by atoms with Gasteiger partial charge < -0.3 is 4.74 Å². The van der Waals surface area contributed by atoms with Gasteiger partial charge in [0.1, 0.15) is 6.61 Å². The van der Waals surface area contributed by atoms with E-state index in [1.807, 2.05) is 0 Å². The van der Waals surface area contributed by atoms with E-state index in [0.717, 1.165) is 0 Å². The molecule has 3 heteroatoms. The largest absolute Gasteiger partial charge is 0.460 e. The maximum absolute atomic E-state index is 9.99. The summed E-state index contributed by atoms with van der Waals surface area (Å²) in [6.07, 6.45) is 1.41. The Balaban J connectivity index is 3.11. The zero-order valence-electron chi connectivity index (χ0n) is 4.42. The van der Waals surface area contributed by atoms with E-state index in [0.29, 0.717) is 0 Å². The number of ether oxygens (including phenoxy) is 1. The van der Waals surface area contributed by atoms with E-state index in [4.69, 9.17) is 0 Å². The summed E-state index contributed by atoms with van der Waals surface area (Å²) in [5, 5.41) is 9.63. The normalized spacial score (nSPS) is 8.12. The zero-order chi connectivity index (χ0) is 6.41. The van der Waals surface area contributed by atoms with E-state index in [1.54, 1.807) is 0 Å². The summed E-state index contributed by atoms with van der Waals surface area (Å²) in [6.45, 7) is 2.60. The maximum Gasteiger partial charge on any atom is 0.335 e. The lowest BCUT2D eigenvalue weighted by Gasteiger charge is -1.93. The van der Waals surface area contributed by atoms with Crippen LogP contribution in [-0.2, 0) is 14.6 Å². The number of hydrogen-bond donors (Lipinski definition) is 0. The average Bonchev–Trinajstić information content (AvgIpc) is 1.83. The molecule has 0 fully saturated rings. The molecule has 0 aliphatic carbocycles. The Hall–Kier alpha value is -0.830. The predicted molar refractivity (Wildman–Crippen MR) is 26.7 cm³/mol. The number of hydrogen-bond acceptors (Lipinski definition) is 2. The minimum Gasteiger partial charge on any atom is -0.460 e. The summed E-state index contributed by atoms with van der Waals surface area (Å²) in [5.41, 5.74) is 0. The Kier molecular flexibility index (Phi) is 3.88. The predicted octanol–water partition coefficient (Wildman–Crippen LogP) is 0.146. The third-order valence-corrected chi connectivity index (χ3v) is 0.480. The molecule has 0 rings (SSSR count). The Morgan fingerprint density at radius 3 is 2.75 bits per heavy atom. The van der Waals surface area contributed by atoms with Crippen LogP contribution in [0, 0.1) is 0 Å². The standard InChI is InChI=1S/C5H7O3/c1-2-3-8-5(7)4-6/h2H,1,3-4H2. The van der Waals surface area contributed by atoms with Gasteiger partial charge >= 0.3 is 5.97 Å². The molecule has 0 bridgehead atoms. The van der Waals surface area contributed by atoms with Gasteiger partial charge in [0.25, 0.3) is 0 Å². The molecule has 0 saturated heterocycles. The van der Waals surface area contributed by atoms with Gasteiger partial charge in [0.05, 0.1) is 0 Å². The Bertz CT molecular complexity index is 87.7. The van der Waals surface area contributed by atoms with Crippen molar-refractivity contribution >= 4 is 5.97 Å². The first-order valence-corrected chi connectivity index (χ1v) is 2.16. The highest BCUT2D eigenvalue weighted by molar-refractivity contribution is 5.70. The molecule has 0 heterocycles. The molecular formula is C5H7O3. The van der Waals surface area contributed by atoms with Crippen molar-refractivity contribution in [1.82, 2.24) is 0 Å². The lowest BCUT2D eigenvalue weighted by Crippen LogP contribution is -2.07. The van der Waals surface area contributed by atoms with Crippen molar-refractivity contribution in [3.05, 3.63) is 12.7 Å². The van der Waals surface area contributed by atoms with Gasteiger partial charge in [-0.3, -0.25) is 0 Å². The molecule has 0 atom stereocenters. The topological polar surface area (TPSA) is 46.2 Å². The summed E-state index contributed by atoms with van der Waals surface area (Å²) < 4.78 is 4.27. The van der Waals surface area contributed by atoms with Gasteiger partial charge in [0.15, 0.2) is 6.61 Å². The van der Waals surface area contributed by atoms with E-state index in [2.05, 4.69) is 11.3 Å². The maximum atomic E-state index is 9.99. The lowest BCUT2D eigenvalue weighted by atomic mass is 10.7. The average molecular weight is 115 g/mol. The summed E-state index contributed by atoms with van der Waals surface area (Å²) in [7, 11) is 0. The molecule has 0 N–H and O–H groups in total. The van der Waals surface area contributed by atoms with Gasteiger partial charge in [-0.15, -0.1) is 0 Å². The first kappa shape index (κ1) is 7.17. The fraction of sp³-hybridized carbons (Fsp3) is 0.400. The molecule has 0 aromatic heterocycles. The second-order valence-electron chi connectivity index (χ2n) is 1.12. The highest BCUT2D eigenvalue weighted by Crippen LogP contribution is 1.75. The SMILES string of the molecule is C=CCOC(=O)C[O]. The fourth-order valence-electron chi connectivity index (χ4n) is 0.194.